The first-order chi connectivity index (χ1) is 9.13. The van der Waals surface area contributed by atoms with Gasteiger partial charge in [0.05, 0.1) is 16.5 Å². The maximum Gasteiger partial charge on any atom is 0.154 e. The minimum absolute atomic E-state index is 0.0331. The van der Waals surface area contributed by atoms with Crippen molar-refractivity contribution in [3.63, 3.8) is 0 Å². The van der Waals surface area contributed by atoms with Crippen molar-refractivity contribution in [3.8, 4) is 0 Å². The molecule has 2 atom stereocenters. The van der Waals surface area contributed by atoms with Gasteiger partial charge >= 0.3 is 0 Å². The Balaban J connectivity index is 2.11. The quantitative estimate of drug-likeness (QED) is 0.873. The molecule has 2 heterocycles. The Kier molecular flexibility index (Phi) is 5.36. The summed E-state index contributed by atoms with van der Waals surface area (Å²) < 4.78 is 24.5. The van der Waals surface area contributed by atoms with E-state index < -0.39 is 9.84 Å². The van der Waals surface area contributed by atoms with Gasteiger partial charge in [0, 0.05) is 17.1 Å². The van der Waals surface area contributed by atoms with Gasteiger partial charge in [0.1, 0.15) is 0 Å². The highest BCUT2D eigenvalue weighted by Gasteiger charge is 2.35. The summed E-state index contributed by atoms with van der Waals surface area (Å²) in [6, 6.07) is 0.0331. The molecule has 1 fully saturated rings. The number of rotatable bonds is 6. The molecule has 0 aromatic carbocycles. The summed E-state index contributed by atoms with van der Waals surface area (Å²) >= 11 is 1.60. The molecule has 6 heteroatoms. The van der Waals surface area contributed by atoms with Crippen LogP contribution < -0.4 is 5.32 Å². The predicted octanol–water partition coefficient (Wildman–Crippen LogP) is 2.02. The Morgan fingerprint density at radius 3 is 3.00 bits per heavy atom. The molecule has 0 spiro atoms. The highest BCUT2D eigenvalue weighted by Crippen LogP contribution is 2.25. The van der Waals surface area contributed by atoms with E-state index in [9.17, 15) is 8.42 Å². The lowest BCUT2D eigenvalue weighted by Crippen LogP contribution is -2.48. The van der Waals surface area contributed by atoms with Gasteiger partial charge in [-0.05, 0) is 32.2 Å². The standard InChI is InChI=1S/C13H22N2O2S2/c1-2-6-15-12(8-11-9-14-10-18-11)13-5-3-4-7-19(13,16)17/h9-10,12-13,15H,2-8H2,1H3. The van der Waals surface area contributed by atoms with Crippen LogP contribution in [0.5, 0.6) is 0 Å². The first kappa shape index (κ1) is 14.9. The van der Waals surface area contributed by atoms with Gasteiger partial charge in [-0.25, -0.2) is 8.42 Å². The fraction of sp³-hybridized carbons (Fsp3) is 0.769. The Hall–Kier alpha value is -0.460. The van der Waals surface area contributed by atoms with Crippen LogP contribution >= 0.6 is 11.3 Å². The lowest BCUT2D eigenvalue weighted by Gasteiger charge is -2.30. The third-order valence-electron chi connectivity index (χ3n) is 3.64. The third-order valence-corrected chi connectivity index (χ3v) is 6.79. The van der Waals surface area contributed by atoms with E-state index in [2.05, 4.69) is 17.2 Å². The lowest BCUT2D eigenvalue weighted by atomic mass is 10.0. The molecule has 0 radical (unpaired) electrons. The van der Waals surface area contributed by atoms with Gasteiger partial charge in [-0.3, -0.25) is 4.98 Å². The average Bonchev–Trinajstić information content (AvgIpc) is 2.87. The average molecular weight is 302 g/mol. The zero-order valence-electron chi connectivity index (χ0n) is 11.3. The van der Waals surface area contributed by atoms with Crippen molar-refractivity contribution < 1.29 is 8.42 Å². The molecule has 1 aliphatic rings. The maximum absolute atomic E-state index is 12.3. The number of nitrogens with zero attached hydrogens (tertiary/aromatic N) is 1. The first-order valence-corrected chi connectivity index (χ1v) is 9.55. The Morgan fingerprint density at radius 2 is 2.37 bits per heavy atom. The minimum Gasteiger partial charge on any atom is -0.312 e. The Labute approximate surface area is 119 Å². The van der Waals surface area contributed by atoms with E-state index in [-0.39, 0.29) is 11.3 Å². The highest BCUT2D eigenvalue weighted by molar-refractivity contribution is 7.92. The first-order valence-electron chi connectivity index (χ1n) is 6.96. The molecule has 1 saturated heterocycles. The van der Waals surface area contributed by atoms with Crippen molar-refractivity contribution in [1.82, 2.24) is 10.3 Å². The smallest absolute Gasteiger partial charge is 0.154 e. The second kappa shape index (κ2) is 6.81. The maximum atomic E-state index is 12.3. The van der Waals surface area contributed by atoms with Crippen LogP contribution in [0.15, 0.2) is 11.7 Å². The monoisotopic (exact) mass is 302 g/mol. The van der Waals surface area contributed by atoms with E-state index in [0.29, 0.717) is 5.75 Å². The van der Waals surface area contributed by atoms with E-state index >= 15 is 0 Å². The molecule has 19 heavy (non-hydrogen) atoms. The van der Waals surface area contributed by atoms with Gasteiger partial charge in [0.2, 0.25) is 0 Å². The van der Waals surface area contributed by atoms with Crippen molar-refractivity contribution in [2.45, 2.75) is 50.3 Å². The highest BCUT2D eigenvalue weighted by atomic mass is 32.2. The summed E-state index contributed by atoms with van der Waals surface area (Å²) in [6.07, 6.45) is 6.28. The summed E-state index contributed by atoms with van der Waals surface area (Å²) in [5, 5.41) is 3.21. The molecule has 2 unspecified atom stereocenters. The molecule has 1 aromatic heterocycles. The fourth-order valence-corrected chi connectivity index (χ4v) is 5.44. The molecule has 0 bridgehead atoms. The van der Waals surface area contributed by atoms with Gasteiger partial charge < -0.3 is 5.32 Å². The number of nitrogens with one attached hydrogen (secondary N) is 1. The zero-order chi connectivity index (χ0) is 13.7. The summed E-state index contributed by atoms with van der Waals surface area (Å²) in [7, 11) is -2.93. The lowest BCUT2D eigenvalue weighted by molar-refractivity contribution is 0.435. The fourth-order valence-electron chi connectivity index (χ4n) is 2.66. The van der Waals surface area contributed by atoms with Crippen molar-refractivity contribution in [2.24, 2.45) is 0 Å². The number of hydrogen-bond acceptors (Lipinski definition) is 5. The van der Waals surface area contributed by atoms with Gasteiger partial charge in [-0.15, -0.1) is 11.3 Å². The summed E-state index contributed by atoms with van der Waals surface area (Å²) in [5.74, 6) is 0.352. The van der Waals surface area contributed by atoms with Crippen LogP contribution in [0.3, 0.4) is 0 Å². The minimum atomic E-state index is -2.93. The van der Waals surface area contributed by atoms with Gasteiger partial charge in [0.25, 0.3) is 0 Å². The number of aromatic nitrogens is 1. The van der Waals surface area contributed by atoms with Gasteiger partial charge in [-0.1, -0.05) is 13.3 Å². The van der Waals surface area contributed by atoms with Crippen LogP contribution in [-0.4, -0.2) is 37.0 Å². The van der Waals surface area contributed by atoms with Crippen molar-refractivity contribution in [3.05, 3.63) is 16.6 Å². The van der Waals surface area contributed by atoms with E-state index in [4.69, 9.17) is 0 Å². The number of hydrogen-bond donors (Lipinski definition) is 1. The molecule has 1 aliphatic heterocycles. The molecule has 0 saturated carbocycles. The second-order valence-electron chi connectivity index (χ2n) is 5.13. The zero-order valence-corrected chi connectivity index (χ0v) is 13.0. The molecule has 4 nitrogen and oxygen atoms in total. The van der Waals surface area contributed by atoms with Gasteiger partial charge in [-0.2, -0.15) is 0 Å². The predicted molar refractivity (Wildman–Crippen MR) is 79.3 cm³/mol. The summed E-state index contributed by atoms with van der Waals surface area (Å²) in [4.78, 5) is 5.24. The number of sulfone groups is 1. The molecule has 0 amide bonds. The van der Waals surface area contributed by atoms with Crippen LogP contribution in [0.2, 0.25) is 0 Å². The molecule has 1 aromatic rings. The normalized spacial score (nSPS) is 24.2. The largest absolute Gasteiger partial charge is 0.312 e. The van der Waals surface area contributed by atoms with Crippen LogP contribution in [0, 0.1) is 0 Å². The van der Waals surface area contributed by atoms with Crippen LogP contribution in [0.25, 0.3) is 0 Å². The van der Waals surface area contributed by atoms with E-state index in [1.54, 1.807) is 11.3 Å². The summed E-state index contributed by atoms with van der Waals surface area (Å²) in [5.41, 5.74) is 1.81. The van der Waals surface area contributed by atoms with Crippen molar-refractivity contribution >= 4 is 21.2 Å². The van der Waals surface area contributed by atoms with Gasteiger partial charge in [0.15, 0.2) is 9.84 Å². The van der Waals surface area contributed by atoms with E-state index in [1.807, 2.05) is 11.7 Å². The van der Waals surface area contributed by atoms with E-state index in [1.165, 1.54) is 0 Å². The number of thiazole rings is 1. The molecular weight excluding hydrogens is 280 g/mol. The molecular formula is C13H22N2O2S2. The SMILES string of the molecule is CCCNC(Cc1cncs1)C1CCCCS1(=O)=O. The van der Waals surface area contributed by atoms with Crippen molar-refractivity contribution in [1.29, 1.82) is 0 Å². The van der Waals surface area contributed by atoms with Crippen molar-refractivity contribution in [2.75, 3.05) is 12.3 Å². The van der Waals surface area contributed by atoms with Crippen LogP contribution in [0.4, 0.5) is 0 Å². The van der Waals surface area contributed by atoms with Crippen LogP contribution in [-0.2, 0) is 16.3 Å². The Morgan fingerprint density at radius 1 is 1.53 bits per heavy atom. The second-order valence-corrected chi connectivity index (χ2v) is 8.44. The molecule has 2 rings (SSSR count). The van der Waals surface area contributed by atoms with Crippen LogP contribution in [0.1, 0.15) is 37.5 Å². The van der Waals surface area contributed by atoms with E-state index in [0.717, 1.165) is 43.5 Å². The molecule has 1 N–H and O–H groups in total. The third kappa shape index (κ3) is 4.00. The summed E-state index contributed by atoms with van der Waals surface area (Å²) in [6.45, 7) is 2.97. The topological polar surface area (TPSA) is 59.1 Å². The molecule has 108 valence electrons. The Bertz CT molecular complexity index is 471. The molecule has 0 aliphatic carbocycles.